The molecular formula is C22H31N3O4. The van der Waals surface area contributed by atoms with Gasteiger partial charge in [-0.05, 0) is 50.1 Å². The predicted molar refractivity (Wildman–Crippen MR) is 111 cm³/mol. The zero-order valence-corrected chi connectivity index (χ0v) is 17.4. The second kappa shape index (κ2) is 10.3. The number of ether oxygens (including phenoxy) is 2. The van der Waals surface area contributed by atoms with E-state index in [4.69, 9.17) is 13.9 Å². The maximum absolute atomic E-state index is 12.5. The maximum Gasteiger partial charge on any atom is 0.315 e. The van der Waals surface area contributed by atoms with E-state index in [2.05, 4.69) is 15.5 Å². The lowest BCUT2D eigenvalue weighted by Gasteiger charge is -2.33. The van der Waals surface area contributed by atoms with Crippen LogP contribution in [-0.2, 0) is 11.2 Å². The van der Waals surface area contributed by atoms with Crippen molar-refractivity contribution in [2.45, 2.75) is 32.4 Å². The fourth-order valence-electron chi connectivity index (χ4n) is 3.60. The highest BCUT2D eigenvalue weighted by Gasteiger charge is 2.25. The van der Waals surface area contributed by atoms with Gasteiger partial charge in [-0.25, -0.2) is 4.79 Å². The molecule has 1 aromatic carbocycles. The second-order valence-electron chi connectivity index (χ2n) is 7.42. The number of furan rings is 1. The third-order valence-corrected chi connectivity index (χ3v) is 5.09. The molecule has 158 valence electrons. The summed E-state index contributed by atoms with van der Waals surface area (Å²) in [7, 11) is 1.65. The molecule has 0 radical (unpaired) electrons. The highest BCUT2D eigenvalue weighted by Crippen LogP contribution is 2.23. The number of nitrogens with one attached hydrogen (secondary N) is 2. The van der Waals surface area contributed by atoms with Crippen LogP contribution in [0.2, 0.25) is 0 Å². The molecule has 1 aliphatic heterocycles. The van der Waals surface area contributed by atoms with Gasteiger partial charge in [-0.2, -0.15) is 0 Å². The molecule has 1 aromatic heterocycles. The number of benzene rings is 1. The monoisotopic (exact) mass is 401 g/mol. The number of hydrogen-bond donors (Lipinski definition) is 2. The minimum atomic E-state index is -0.179. The van der Waals surface area contributed by atoms with Gasteiger partial charge in [0, 0.05) is 25.7 Å². The summed E-state index contributed by atoms with van der Waals surface area (Å²) in [5, 5.41) is 6.03. The standard InChI is InChI=1S/C22H31N3O4/c1-16(13-18-5-4-6-19(14-18)27-3)24-22(26)23-15-20(21-8-7-17(2)29-21)25-9-11-28-12-10-25/h4-8,14,16,20H,9-13,15H2,1-3H3,(H2,23,24,26). The van der Waals surface area contributed by atoms with Crippen molar-refractivity contribution in [3.05, 3.63) is 53.5 Å². The number of methoxy groups -OCH3 is 1. The lowest BCUT2D eigenvalue weighted by atomic mass is 10.1. The molecule has 1 fully saturated rings. The first-order valence-corrected chi connectivity index (χ1v) is 10.1. The van der Waals surface area contributed by atoms with Crippen molar-refractivity contribution >= 4 is 6.03 Å². The zero-order chi connectivity index (χ0) is 20.6. The van der Waals surface area contributed by atoms with E-state index in [1.165, 1.54) is 0 Å². The number of morpholine rings is 1. The molecule has 1 saturated heterocycles. The average Bonchev–Trinajstić information content (AvgIpc) is 3.15. The number of urea groups is 1. The molecule has 7 heteroatoms. The van der Waals surface area contributed by atoms with Gasteiger partial charge in [0.25, 0.3) is 0 Å². The quantitative estimate of drug-likeness (QED) is 0.711. The van der Waals surface area contributed by atoms with Crippen LogP contribution in [0.25, 0.3) is 0 Å². The van der Waals surface area contributed by atoms with E-state index in [0.717, 1.165) is 42.3 Å². The van der Waals surface area contributed by atoms with Gasteiger partial charge in [-0.3, -0.25) is 4.90 Å². The van der Waals surface area contributed by atoms with Crippen LogP contribution in [0.5, 0.6) is 5.75 Å². The summed E-state index contributed by atoms with van der Waals surface area (Å²) in [5.74, 6) is 2.56. The summed E-state index contributed by atoms with van der Waals surface area (Å²) in [6.07, 6.45) is 0.731. The Kier molecular flexibility index (Phi) is 7.55. The van der Waals surface area contributed by atoms with Gasteiger partial charge >= 0.3 is 6.03 Å². The summed E-state index contributed by atoms with van der Waals surface area (Å²) in [6, 6.07) is 11.6. The van der Waals surface area contributed by atoms with Crippen molar-refractivity contribution in [3.8, 4) is 5.75 Å². The fourth-order valence-corrected chi connectivity index (χ4v) is 3.60. The number of hydrogen-bond acceptors (Lipinski definition) is 5. The molecular weight excluding hydrogens is 370 g/mol. The molecule has 2 aromatic rings. The van der Waals surface area contributed by atoms with E-state index in [1.54, 1.807) is 7.11 Å². The molecule has 3 rings (SSSR count). The molecule has 7 nitrogen and oxygen atoms in total. The normalized spacial score (nSPS) is 16.8. The van der Waals surface area contributed by atoms with Crippen molar-refractivity contribution < 1.29 is 18.7 Å². The molecule has 0 aliphatic carbocycles. The number of aryl methyl sites for hydroxylation is 1. The Bertz CT molecular complexity index is 786. The number of rotatable bonds is 8. The largest absolute Gasteiger partial charge is 0.497 e. The van der Waals surface area contributed by atoms with E-state index in [9.17, 15) is 4.79 Å². The van der Waals surface area contributed by atoms with Crippen LogP contribution in [0.15, 0.2) is 40.8 Å². The van der Waals surface area contributed by atoms with E-state index in [1.807, 2.05) is 50.2 Å². The lowest BCUT2D eigenvalue weighted by molar-refractivity contribution is 0.0121. The van der Waals surface area contributed by atoms with Gasteiger partial charge in [0.05, 0.1) is 26.4 Å². The Morgan fingerprint density at radius 2 is 2.03 bits per heavy atom. The lowest BCUT2D eigenvalue weighted by Crippen LogP contribution is -2.47. The summed E-state index contributed by atoms with van der Waals surface area (Å²) in [4.78, 5) is 14.8. The van der Waals surface area contributed by atoms with Crippen molar-refractivity contribution in [3.63, 3.8) is 0 Å². The fraction of sp³-hybridized carbons (Fsp3) is 0.500. The Morgan fingerprint density at radius 3 is 2.72 bits per heavy atom. The van der Waals surface area contributed by atoms with Gasteiger partial charge in [-0.15, -0.1) is 0 Å². The van der Waals surface area contributed by atoms with Crippen molar-refractivity contribution in [1.82, 2.24) is 15.5 Å². The maximum atomic E-state index is 12.5. The van der Waals surface area contributed by atoms with Crippen LogP contribution >= 0.6 is 0 Å². The second-order valence-corrected chi connectivity index (χ2v) is 7.42. The van der Waals surface area contributed by atoms with E-state index < -0.39 is 0 Å². The minimum absolute atomic E-state index is 0.00481. The summed E-state index contributed by atoms with van der Waals surface area (Å²) in [5.41, 5.74) is 1.12. The Hall–Kier alpha value is -2.51. The smallest absolute Gasteiger partial charge is 0.315 e. The van der Waals surface area contributed by atoms with Gasteiger partial charge in [0.2, 0.25) is 0 Å². The Balaban J connectivity index is 1.53. The number of carbonyl (C=O) groups is 1. The van der Waals surface area contributed by atoms with Gasteiger partial charge in [0.1, 0.15) is 17.3 Å². The van der Waals surface area contributed by atoms with Crippen LogP contribution in [0.3, 0.4) is 0 Å². The van der Waals surface area contributed by atoms with Gasteiger partial charge in [0.15, 0.2) is 0 Å². The zero-order valence-electron chi connectivity index (χ0n) is 17.4. The first-order chi connectivity index (χ1) is 14.0. The molecule has 2 N–H and O–H groups in total. The average molecular weight is 402 g/mol. The van der Waals surface area contributed by atoms with Crippen molar-refractivity contribution in [2.24, 2.45) is 0 Å². The van der Waals surface area contributed by atoms with Crippen LogP contribution in [-0.4, -0.2) is 56.9 Å². The Morgan fingerprint density at radius 1 is 1.24 bits per heavy atom. The Labute approximate surface area is 172 Å². The summed E-state index contributed by atoms with van der Waals surface area (Å²) in [6.45, 7) is 7.43. The van der Waals surface area contributed by atoms with Crippen molar-refractivity contribution in [2.75, 3.05) is 40.0 Å². The molecule has 2 heterocycles. The molecule has 1 aliphatic rings. The third-order valence-electron chi connectivity index (χ3n) is 5.09. The SMILES string of the molecule is COc1cccc(CC(C)NC(=O)NCC(c2ccc(C)o2)N2CCOCC2)c1. The van der Waals surface area contributed by atoms with Crippen LogP contribution in [0, 0.1) is 6.92 Å². The van der Waals surface area contributed by atoms with E-state index in [0.29, 0.717) is 19.8 Å². The minimum Gasteiger partial charge on any atom is -0.497 e. The number of amides is 2. The first kappa shape index (κ1) is 21.2. The summed E-state index contributed by atoms with van der Waals surface area (Å²) < 4.78 is 16.6. The van der Waals surface area contributed by atoms with Gasteiger partial charge in [-0.1, -0.05) is 12.1 Å². The van der Waals surface area contributed by atoms with Gasteiger partial charge < -0.3 is 24.5 Å². The number of nitrogens with zero attached hydrogens (tertiary/aromatic N) is 1. The first-order valence-electron chi connectivity index (χ1n) is 10.1. The number of carbonyl (C=O) groups excluding carboxylic acids is 1. The van der Waals surface area contributed by atoms with Crippen LogP contribution < -0.4 is 15.4 Å². The van der Waals surface area contributed by atoms with Crippen LogP contribution in [0.4, 0.5) is 4.79 Å². The summed E-state index contributed by atoms with van der Waals surface area (Å²) >= 11 is 0. The van der Waals surface area contributed by atoms with E-state index >= 15 is 0 Å². The molecule has 2 unspecified atom stereocenters. The highest BCUT2D eigenvalue weighted by molar-refractivity contribution is 5.74. The molecule has 29 heavy (non-hydrogen) atoms. The topological polar surface area (TPSA) is 76.0 Å². The molecule has 2 amide bonds. The highest BCUT2D eigenvalue weighted by atomic mass is 16.5. The third kappa shape index (κ3) is 6.24. The molecule has 0 bridgehead atoms. The molecule has 2 atom stereocenters. The van der Waals surface area contributed by atoms with E-state index in [-0.39, 0.29) is 18.1 Å². The van der Waals surface area contributed by atoms with Crippen molar-refractivity contribution in [1.29, 1.82) is 0 Å². The predicted octanol–water partition coefficient (Wildman–Crippen LogP) is 2.90. The van der Waals surface area contributed by atoms with Crippen LogP contribution in [0.1, 0.15) is 30.0 Å². The molecule has 0 saturated carbocycles. The molecule has 0 spiro atoms.